The number of benzene rings is 1. The van der Waals surface area contributed by atoms with Gasteiger partial charge in [0.15, 0.2) is 11.5 Å². The van der Waals surface area contributed by atoms with E-state index in [0.29, 0.717) is 18.1 Å². The Hall–Kier alpha value is -1.50. The van der Waals surface area contributed by atoms with Crippen LogP contribution in [0.5, 0.6) is 17.2 Å². The van der Waals surface area contributed by atoms with Gasteiger partial charge in [-0.25, -0.2) is 0 Å². The summed E-state index contributed by atoms with van der Waals surface area (Å²) in [7, 11) is 5.84. The topological polar surface area (TPSA) is 60.4 Å². The molecule has 0 spiro atoms. The van der Waals surface area contributed by atoms with Crippen molar-refractivity contribution >= 4 is 0 Å². The number of hydrogen-bond donors (Lipinski definition) is 1. The second kappa shape index (κ2) is 9.75. The molecule has 2 aliphatic heterocycles. The molecule has 170 valence electrons. The Morgan fingerprint density at radius 1 is 1.30 bits per heavy atom. The Morgan fingerprint density at radius 2 is 2.07 bits per heavy atom. The molecule has 0 aliphatic carbocycles. The van der Waals surface area contributed by atoms with Gasteiger partial charge >= 0.3 is 0 Å². The molecule has 0 amide bonds. The van der Waals surface area contributed by atoms with Crippen LogP contribution in [0.2, 0.25) is 0 Å². The molecule has 3 unspecified atom stereocenters. The van der Waals surface area contributed by atoms with E-state index in [1.807, 2.05) is 0 Å². The minimum Gasteiger partial charge on any atom is -0.492 e. The molecular formula is C24H39NO5. The van der Waals surface area contributed by atoms with Crippen molar-refractivity contribution in [2.45, 2.75) is 70.5 Å². The van der Waals surface area contributed by atoms with Crippen molar-refractivity contribution in [2.75, 3.05) is 41.1 Å². The third kappa shape index (κ3) is 5.59. The highest BCUT2D eigenvalue weighted by Gasteiger charge is 2.32. The minimum atomic E-state index is -0.351. The van der Waals surface area contributed by atoms with E-state index in [4.69, 9.17) is 18.9 Å². The molecular weight excluding hydrogens is 382 g/mol. The molecule has 2 heterocycles. The van der Waals surface area contributed by atoms with Crippen LogP contribution in [0.4, 0.5) is 0 Å². The van der Waals surface area contributed by atoms with Gasteiger partial charge in [0.25, 0.3) is 0 Å². The summed E-state index contributed by atoms with van der Waals surface area (Å²) in [5, 5.41) is 10.9. The average molecular weight is 422 g/mol. The maximum atomic E-state index is 10.9. The lowest BCUT2D eigenvalue weighted by molar-refractivity contribution is -0.0791. The zero-order valence-electron chi connectivity index (χ0n) is 19.5. The van der Waals surface area contributed by atoms with Crippen LogP contribution in [-0.4, -0.2) is 62.9 Å². The van der Waals surface area contributed by atoms with Gasteiger partial charge in [0.1, 0.15) is 0 Å². The number of hydrogen-bond acceptors (Lipinski definition) is 6. The average Bonchev–Trinajstić information content (AvgIpc) is 3.12. The largest absolute Gasteiger partial charge is 0.492 e. The van der Waals surface area contributed by atoms with Crippen molar-refractivity contribution in [2.24, 2.45) is 5.92 Å². The van der Waals surface area contributed by atoms with Gasteiger partial charge in [-0.3, -0.25) is 0 Å². The van der Waals surface area contributed by atoms with Gasteiger partial charge in [0.2, 0.25) is 12.5 Å². The molecule has 0 bridgehead atoms. The monoisotopic (exact) mass is 421 g/mol. The molecule has 30 heavy (non-hydrogen) atoms. The van der Waals surface area contributed by atoms with E-state index in [1.54, 1.807) is 7.11 Å². The van der Waals surface area contributed by atoms with E-state index >= 15 is 0 Å². The van der Waals surface area contributed by atoms with E-state index in [-0.39, 0.29) is 24.4 Å². The van der Waals surface area contributed by atoms with Crippen LogP contribution in [0.25, 0.3) is 0 Å². The molecule has 6 nitrogen and oxygen atoms in total. The zero-order chi connectivity index (χ0) is 21.9. The highest BCUT2D eigenvalue weighted by atomic mass is 16.7. The van der Waals surface area contributed by atoms with Crippen LogP contribution in [0.1, 0.15) is 63.5 Å². The van der Waals surface area contributed by atoms with E-state index in [9.17, 15) is 5.11 Å². The normalized spacial score (nSPS) is 22.2. The van der Waals surface area contributed by atoms with Crippen molar-refractivity contribution in [3.8, 4) is 17.2 Å². The number of likely N-dealkylation sites (N-methyl/N-ethyl adjacent to an activating group) is 1. The standard InChI is InChI=1S/C24H39NO5/c1-16(11-19(26)12-17-8-10-30-24(2,3)14-17)21-18(7-9-25(4)5)13-20-22(23(21)27-6)29-15-28-20/h13,16-17,19,26H,7-12,14-15H2,1-6H3. The van der Waals surface area contributed by atoms with Gasteiger partial charge in [-0.2, -0.15) is 0 Å². The Balaban J connectivity index is 1.77. The highest BCUT2D eigenvalue weighted by molar-refractivity contribution is 5.61. The summed E-state index contributed by atoms with van der Waals surface area (Å²) in [6.45, 7) is 8.40. The quantitative estimate of drug-likeness (QED) is 0.651. The molecule has 2 aliphatic rings. The first kappa shape index (κ1) is 23.2. The fourth-order valence-corrected chi connectivity index (χ4v) is 4.94. The summed E-state index contributed by atoms with van der Waals surface area (Å²) in [6, 6.07) is 2.09. The van der Waals surface area contributed by atoms with Crippen molar-refractivity contribution in [1.82, 2.24) is 4.90 Å². The number of nitrogens with zero attached hydrogens (tertiary/aromatic N) is 1. The lowest BCUT2D eigenvalue weighted by atomic mass is 9.82. The zero-order valence-corrected chi connectivity index (χ0v) is 19.5. The minimum absolute atomic E-state index is 0.0891. The first-order chi connectivity index (χ1) is 14.2. The van der Waals surface area contributed by atoms with Crippen LogP contribution < -0.4 is 14.2 Å². The second-order valence-electron chi connectivity index (χ2n) is 9.76. The first-order valence-electron chi connectivity index (χ1n) is 11.2. The van der Waals surface area contributed by atoms with Gasteiger partial charge in [-0.15, -0.1) is 0 Å². The molecule has 1 fully saturated rings. The highest BCUT2D eigenvalue weighted by Crippen LogP contribution is 2.48. The molecule has 0 saturated carbocycles. The molecule has 0 radical (unpaired) electrons. The fraction of sp³-hybridized carbons (Fsp3) is 0.750. The van der Waals surface area contributed by atoms with E-state index in [1.165, 1.54) is 5.56 Å². The third-order valence-electron chi connectivity index (χ3n) is 6.30. The summed E-state index contributed by atoms with van der Waals surface area (Å²) >= 11 is 0. The van der Waals surface area contributed by atoms with Crippen molar-refractivity contribution in [1.29, 1.82) is 0 Å². The molecule has 1 saturated heterocycles. The number of methoxy groups -OCH3 is 1. The number of fused-ring (bicyclic) bond motifs is 1. The van der Waals surface area contributed by atoms with Gasteiger partial charge in [0.05, 0.1) is 18.8 Å². The Kier molecular flexibility index (Phi) is 7.53. The molecule has 6 heteroatoms. The smallest absolute Gasteiger partial charge is 0.231 e. The predicted octanol–water partition coefficient (Wildman–Crippen LogP) is 3.98. The number of aliphatic hydroxyl groups excluding tert-OH is 1. The van der Waals surface area contributed by atoms with Crippen LogP contribution in [-0.2, 0) is 11.2 Å². The van der Waals surface area contributed by atoms with Crippen molar-refractivity contribution in [3.63, 3.8) is 0 Å². The molecule has 3 rings (SSSR count). The second-order valence-corrected chi connectivity index (χ2v) is 9.76. The van der Waals surface area contributed by atoms with Crippen LogP contribution in [0, 0.1) is 5.92 Å². The molecule has 1 N–H and O–H groups in total. The predicted molar refractivity (Wildman–Crippen MR) is 118 cm³/mol. The van der Waals surface area contributed by atoms with Crippen LogP contribution >= 0.6 is 0 Å². The van der Waals surface area contributed by atoms with Gasteiger partial charge in [-0.05, 0) is 83.5 Å². The summed E-state index contributed by atoms with van der Waals surface area (Å²) in [6.07, 6.45) is 4.08. The summed E-state index contributed by atoms with van der Waals surface area (Å²) < 4.78 is 23.0. The summed E-state index contributed by atoms with van der Waals surface area (Å²) in [4.78, 5) is 2.17. The van der Waals surface area contributed by atoms with Crippen LogP contribution in [0.3, 0.4) is 0 Å². The number of rotatable bonds is 9. The van der Waals surface area contributed by atoms with Crippen molar-refractivity contribution in [3.05, 3.63) is 17.2 Å². The van der Waals surface area contributed by atoms with E-state index in [0.717, 1.165) is 55.9 Å². The van der Waals surface area contributed by atoms with E-state index in [2.05, 4.69) is 45.8 Å². The van der Waals surface area contributed by atoms with Gasteiger partial charge < -0.3 is 29.0 Å². The lowest BCUT2D eigenvalue weighted by Gasteiger charge is -2.36. The Morgan fingerprint density at radius 3 is 2.73 bits per heavy atom. The van der Waals surface area contributed by atoms with E-state index < -0.39 is 0 Å². The Labute approximate surface area is 181 Å². The van der Waals surface area contributed by atoms with Crippen LogP contribution in [0.15, 0.2) is 6.07 Å². The third-order valence-corrected chi connectivity index (χ3v) is 6.30. The maximum Gasteiger partial charge on any atom is 0.231 e. The lowest BCUT2D eigenvalue weighted by Crippen LogP contribution is -2.35. The SMILES string of the molecule is COc1c2c(cc(CCN(C)C)c1C(C)CC(O)CC1CCOC(C)(C)C1)OCO2. The molecule has 0 aromatic heterocycles. The molecule has 3 atom stereocenters. The number of aliphatic hydroxyl groups is 1. The number of ether oxygens (including phenoxy) is 4. The van der Waals surface area contributed by atoms with Gasteiger partial charge in [0, 0.05) is 18.7 Å². The maximum absolute atomic E-state index is 10.9. The first-order valence-corrected chi connectivity index (χ1v) is 11.2. The fourth-order valence-electron chi connectivity index (χ4n) is 4.94. The molecule has 1 aromatic rings. The van der Waals surface area contributed by atoms with Gasteiger partial charge in [-0.1, -0.05) is 6.92 Å². The molecule has 1 aromatic carbocycles. The Bertz CT molecular complexity index is 718. The van der Waals surface area contributed by atoms with Crippen molar-refractivity contribution < 1.29 is 24.1 Å². The summed E-state index contributed by atoms with van der Waals surface area (Å²) in [5.41, 5.74) is 2.25. The summed E-state index contributed by atoms with van der Waals surface area (Å²) in [5.74, 6) is 2.85.